The van der Waals surface area contributed by atoms with Crippen LogP contribution in [-0.2, 0) is 0 Å². The van der Waals surface area contributed by atoms with Gasteiger partial charge in [0, 0.05) is 22.1 Å². The average molecular weight is 382 g/mol. The van der Waals surface area contributed by atoms with Crippen molar-refractivity contribution in [3.8, 4) is 11.5 Å². The minimum Gasteiger partial charge on any atom is -0.405 e. The molecule has 138 valence electrons. The Bertz CT molecular complexity index is 857. The summed E-state index contributed by atoms with van der Waals surface area (Å²) in [4.78, 5) is 24.1. The van der Waals surface area contributed by atoms with Crippen LogP contribution in [0, 0.1) is 13.8 Å². The highest BCUT2D eigenvalue weighted by Crippen LogP contribution is 2.32. The second kappa shape index (κ2) is 8.37. The van der Waals surface area contributed by atoms with E-state index >= 15 is 0 Å². The molecule has 3 aromatic rings. The van der Waals surface area contributed by atoms with E-state index in [4.69, 9.17) is 9.47 Å². The molecule has 27 heavy (non-hydrogen) atoms. The van der Waals surface area contributed by atoms with Crippen LogP contribution < -0.4 is 20.1 Å². The minimum atomic E-state index is -0.666. The summed E-state index contributed by atoms with van der Waals surface area (Å²) < 4.78 is 10.5. The number of aryl methyl sites for hydroxylation is 2. The van der Waals surface area contributed by atoms with Crippen LogP contribution in [0.15, 0.2) is 59.3 Å². The van der Waals surface area contributed by atoms with E-state index in [9.17, 15) is 9.59 Å². The highest BCUT2D eigenvalue weighted by molar-refractivity contribution is 7.08. The van der Waals surface area contributed by atoms with Gasteiger partial charge in [-0.05, 0) is 38.1 Å². The van der Waals surface area contributed by atoms with Crippen molar-refractivity contribution in [2.75, 3.05) is 10.6 Å². The Morgan fingerprint density at radius 2 is 1.07 bits per heavy atom. The summed E-state index contributed by atoms with van der Waals surface area (Å²) in [6, 6.07) is 14.6. The fourth-order valence-corrected chi connectivity index (χ4v) is 2.83. The first kappa shape index (κ1) is 18.5. The Labute approximate surface area is 160 Å². The van der Waals surface area contributed by atoms with E-state index in [0.29, 0.717) is 11.4 Å². The van der Waals surface area contributed by atoms with Crippen LogP contribution in [0.1, 0.15) is 11.1 Å². The summed E-state index contributed by atoms with van der Waals surface area (Å²) >= 11 is 1.26. The number of rotatable bonds is 4. The zero-order valence-electron chi connectivity index (χ0n) is 14.8. The van der Waals surface area contributed by atoms with Crippen LogP contribution in [-0.4, -0.2) is 12.2 Å². The number of nitrogens with one attached hydrogen (secondary N) is 2. The number of anilines is 2. The van der Waals surface area contributed by atoms with Gasteiger partial charge in [0.2, 0.25) is 0 Å². The molecule has 0 saturated carbocycles. The van der Waals surface area contributed by atoms with Crippen LogP contribution in [0.5, 0.6) is 11.5 Å². The highest BCUT2D eigenvalue weighted by Gasteiger charge is 2.15. The molecule has 6 nitrogen and oxygen atoms in total. The molecule has 0 unspecified atom stereocenters. The fraction of sp³-hybridized carbons (Fsp3) is 0.100. The van der Waals surface area contributed by atoms with Gasteiger partial charge in [0.05, 0.1) is 0 Å². The first-order valence-corrected chi connectivity index (χ1v) is 9.11. The molecule has 1 heterocycles. The molecular weight excluding hydrogens is 364 g/mol. The summed E-state index contributed by atoms with van der Waals surface area (Å²) in [5, 5.41) is 8.41. The second-order valence-corrected chi connectivity index (χ2v) is 6.60. The number of hydrogen-bond acceptors (Lipinski definition) is 5. The number of hydrogen-bond donors (Lipinski definition) is 2. The van der Waals surface area contributed by atoms with Crippen molar-refractivity contribution in [2.45, 2.75) is 13.8 Å². The molecular formula is C20H18N2O4S. The lowest BCUT2D eigenvalue weighted by atomic mass is 10.2. The molecule has 0 atom stereocenters. The largest absolute Gasteiger partial charge is 0.417 e. The van der Waals surface area contributed by atoms with Crippen LogP contribution in [0.2, 0.25) is 0 Å². The molecule has 2 aromatic carbocycles. The predicted molar refractivity (Wildman–Crippen MR) is 106 cm³/mol. The summed E-state index contributed by atoms with van der Waals surface area (Å²) in [6.45, 7) is 3.91. The average Bonchev–Trinajstić information content (AvgIpc) is 3.05. The van der Waals surface area contributed by atoms with Gasteiger partial charge >= 0.3 is 12.2 Å². The molecule has 0 aliphatic heterocycles. The van der Waals surface area contributed by atoms with Crippen LogP contribution in [0.4, 0.5) is 21.0 Å². The van der Waals surface area contributed by atoms with E-state index < -0.39 is 12.2 Å². The van der Waals surface area contributed by atoms with Crippen LogP contribution in [0.25, 0.3) is 0 Å². The summed E-state index contributed by atoms with van der Waals surface area (Å²) in [5.41, 5.74) is 3.39. The monoisotopic (exact) mass is 382 g/mol. The smallest absolute Gasteiger partial charge is 0.405 e. The molecule has 0 spiro atoms. The van der Waals surface area contributed by atoms with Crippen LogP contribution in [0.3, 0.4) is 0 Å². The maximum atomic E-state index is 12.0. The Morgan fingerprint density at radius 3 is 1.44 bits per heavy atom. The molecule has 1 aromatic heterocycles. The van der Waals surface area contributed by atoms with Crippen molar-refractivity contribution < 1.29 is 19.1 Å². The van der Waals surface area contributed by atoms with Gasteiger partial charge in [-0.15, -0.1) is 11.3 Å². The van der Waals surface area contributed by atoms with Crippen molar-refractivity contribution >= 4 is 34.9 Å². The molecule has 0 aliphatic rings. The van der Waals surface area contributed by atoms with Crippen molar-refractivity contribution in [1.29, 1.82) is 0 Å². The second-order valence-electron chi connectivity index (χ2n) is 5.86. The lowest BCUT2D eigenvalue weighted by Crippen LogP contribution is -2.19. The summed E-state index contributed by atoms with van der Waals surface area (Å²) in [7, 11) is 0. The number of thiophene rings is 1. The summed E-state index contributed by atoms with van der Waals surface area (Å²) in [5.74, 6) is 0.340. The molecule has 2 N–H and O–H groups in total. The third kappa shape index (κ3) is 5.32. The fourth-order valence-electron chi connectivity index (χ4n) is 2.18. The zero-order chi connectivity index (χ0) is 19.2. The molecule has 0 radical (unpaired) electrons. The number of carbonyl (C=O) groups excluding carboxylic acids is 2. The Hall–Kier alpha value is -3.32. The van der Waals surface area contributed by atoms with E-state index in [1.807, 2.05) is 38.1 Å². The van der Waals surface area contributed by atoms with Gasteiger partial charge in [0.15, 0.2) is 11.5 Å². The first-order valence-electron chi connectivity index (χ1n) is 8.17. The van der Waals surface area contributed by atoms with E-state index in [1.165, 1.54) is 11.3 Å². The standard InChI is InChI=1S/C20H18N2O4S/c1-13-3-7-15(8-4-13)21-19(23)25-17-11-27-12-18(17)26-20(24)22-16-9-5-14(2)6-10-16/h3-12H,1-2H3,(H,21,23)(H,22,24). The molecule has 2 amide bonds. The third-order valence-corrected chi connectivity index (χ3v) is 4.29. The number of carbonyl (C=O) groups is 2. The van der Waals surface area contributed by atoms with Gasteiger partial charge in [0.25, 0.3) is 0 Å². The summed E-state index contributed by atoms with van der Waals surface area (Å²) in [6.07, 6.45) is -1.33. The molecule has 7 heteroatoms. The van der Waals surface area contributed by atoms with Gasteiger partial charge in [-0.25, -0.2) is 9.59 Å². The Balaban J connectivity index is 1.58. The van der Waals surface area contributed by atoms with E-state index in [-0.39, 0.29) is 11.5 Å². The molecule has 0 fully saturated rings. The third-order valence-electron chi connectivity index (χ3n) is 3.59. The van der Waals surface area contributed by atoms with Crippen molar-refractivity contribution in [3.63, 3.8) is 0 Å². The zero-order valence-corrected chi connectivity index (χ0v) is 15.6. The van der Waals surface area contributed by atoms with Gasteiger partial charge in [-0.1, -0.05) is 35.4 Å². The number of amides is 2. The molecule has 0 saturated heterocycles. The quantitative estimate of drug-likeness (QED) is 0.617. The van der Waals surface area contributed by atoms with Gasteiger partial charge in [0.1, 0.15) is 0 Å². The maximum absolute atomic E-state index is 12.0. The number of ether oxygens (including phenoxy) is 2. The Morgan fingerprint density at radius 1 is 0.704 bits per heavy atom. The topological polar surface area (TPSA) is 76.7 Å². The highest BCUT2D eigenvalue weighted by atomic mass is 32.1. The lowest BCUT2D eigenvalue weighted by Gasteiger charge is -2.09. The van der Waals surface area contributed by atoms with Gasteiger partial charge in [-0.2, -0.15) is 0 Å². The van der Waals surface area contributed by atoms with Gasteiger partial charge < -0.3 is 9.47 Å². The van der Waals surface area contributed by atoms with Crippen LogP contribution >= 0.6 is 11.3 Å². The maximum Gasteiger partial charge on any atom is 0.417 e. The van der Waals surface area contributed by atoms with E-state index in [2.05, 4.69) is 10.6 Å². The number of benzene rings is 2. The van der Waals surface area contributed by atoms with Crippen molar-refractivity contribution in [3.05, 3.63) is 70.4 Å². The van der Waals surface area contributed by atoms with E-state index in [0.717, 1.165) is 11.1 Å². The van der Waals surface area contributed by atoms with E-state index in [1.54, 1.807) is 35.0 Å². The minimum absolute atomic E-state index is 0.170. The van der Waals surface area contributed by atoms with Gasteiger partial charge in [-0.3, -0.25) is 10.6 Å². The SMILES string of the molecule is Cc1ccc(NC(=O)Oc2cscc2OC(=O)Nc2ccc(C)cc2)cc1. The van der Waals surface area contributed by atoms with Crippen molar-refractivity contribution in [2.24, 2.45) is 0 Å². The Kier molecular flexibility index (Phi) is 5.73. The molecule has 0 bridgehead atoms. The molecule has 3 rings (SSSR count). The molecule has 0 aliphatic carbocycles. The first-order chi connectivity index (χ1) is 13.0. The predicted octanol–water partition coefficient (Wildman–Crippen LogP) is 5.59. The van der Waals surface area contributed by atoms with Crippen molar-refractivity contribution in [1.82, 2.24) is 0 Å². The normalized spacial score (nSPS) is 10.1. The lowest BCUT2D eigenvalue weighted by molar-refractivity contribution is 0.205.